The van der Waals surface area contributed by atoms with E-state index in [2.05, 4.69) is 76.4 Å². The number of nitrogens with two attached hydrogens (primary N) is 2. The van der Waals surface area contributed by atoms with E-state index in [0.717, 1.165) is 40.3 Å². The molecule has 9 heterocycles. The molecule has 3 saturated heterocycles. The predicted octanol–water partition coefficient (Wildman–Crippen LogP) is 7.72. The predicted molar refractivity (Wildman–Crippen MR) is 293 cm³/mol. The second-order valence-electron chi connectivity index (χ2n) is 19.4. The van der Waals surface area contributed by atoms with Crippen molar-refractivity contribution in [2.24, 2.45) is 0 Å². The molecule has 422 valence electrons. The monoisotopic (exact) mass is 1180 g/mol. The second kappa shape index (κ2) is 22.2. The Balaban J connectivity index is 0.684. The third-order valence-electron chi connectivity index (χ3n) is 14.3. The Morgan fingerprint density at radius 2 is 1.41 bits per heavy atom. The van der Waals surface area contributed by atoms with Crippen molar-refractivity contribution >= 4 is 72.1 Å². The molecule has 82 heavy (non-hydrogen) atoms. The Bertz CT molecular complexity index is 3940. The highest BCUT2D eigenvalue weighted by atomic mass is 32.7. The minimum absolute atomic E-state index is 0.0317. The smallest absolute Gasteiger partial charge is 0.389 e. The van der Waals surface area contributed by atoms with E-state index in [-0.39, 0.29) is 57.6 Å². The molecule has 4 aromatic carbocycles. The van der Waals surface area contributed by atoms with Crippen LogP contribution in [0.25, 0.3) is 44.8 Å². The lowest BCUT2D eigenvalue weighted by molar-refractivity contribution is -0.0539. The average molecular weight is 1180 g/mol. The number of benzene rings is 4. The molecule has 9 aromatic rings. The molecule has 10 atom stereocenters. The topological polar surface area (TPSA) is 298 Å². The summed E-state index contributed by atoms with van der Waals surface area (Å²) in [7, 11) is -1.50. The molecule has 0 spiro atoms. The van der Waals surface area contributed by atoms with Crippen molar-refractivity contribution in [2.45, 2.75) is 68.1 Å². The summed E-state index contributed by atoms with van der Waals surface area (Å²) in [5.74, 6) is 0.113. The summed E-state index contributed by atoms with van der Waals surface area (Å²) in [5, 5.41) is 9.19. The maximum Gasteiger partial charge on any atom is 0.389 e. The number of halogens is 2. The third kappa shape index (κ3) is 10.2. The van der Waals surface area contributed by atoms with Crippen LogP contribution in [-0.4, -0.2) is 124 Å². The van der Waals surface area contributed by atoms with E-state index >= 15 is 13.3 Å². The summed E-state index contributed by atoms with van der Waals surface area (Å²) in [6.45, 7) is -4.46. The van der Waals surface area contributed by atoms with Crippen molar-refractivity contribution in [1.82, 2.24) is 54.0 Å². The SMILES string of the molecule is CN1Cc2ccccc2-c2nnn(CCOc3ccc(C(=O)Oc4ccc(CS[P@@]5(=O)OC[C@H]6O[C@@H](n7cnc8c(N)ncnc87)[C@H](F)[C@@H]6O[PH](=O)OC[C@H]6O[C@@H](n7cnc8c(N)ncnc87)[C@H](F)[C@@H]6O5)cc4)cc3)c2-c2ccccc21. The van der Waals surface area contributed by atoms with Crippen molar-refractivity contribution in [2.75, 3.05) is 43.2 Å². The minimum Gasteiger partial charge on any atom is -0.492 e. The number of hydrogen-bond donors (Lipinski definition) is 2. The number of anilines is 3. The van der Waals surface area contributed by atoms with Gasteiger partial charge in [-0.1, -0.05) is 59.8 Å². The van der Waals surface area contributed by atoms with Gasteiger partial charge in [-0.2, -0.15) is 0 Å². The van der Waals surface area contributed by atoms with Crippen LogP contribution in [0.4, 0.5) is 26.1 Å². The van der Waals surface area contributed by atoms with Crippen molar-refractivity contribution in [3.05, 3.63) is 139 Å². The molecule has 4 aliphatic rings. The first-order valence-electron chi connectivity index (χ1n) is 25.6. The van der Waals surface area contributed by atoms with Gasteiger partial charge in [0.05, 0.1) is 43.7 Å². The number of alkyl halides is 2. The van der Waals surface area contributed by atoms with Crippen LogP contribution in [0.5, 0.6) is 11.5 Å². The number of esters is 1. The molecule has 4 aliphatic heterocycles. The Kier molecular flexibility index (Phi) is 14.5. The second-order valence-corrected chi connectivity index (χ2v) is 24.4. The zero-order chi connectivity index (χ0) is 56.2. The lowest BCUT2D eigenvalue weighted by Crippen LogP contribution is -2.36. The van der Waals surface area contributed by atoms with Crippen molar-refractivity contribution < 1.29 is 59.7 Å². The first kappa shape index (κ1) is 53.5. The molecule has 0 saturated carbocycles. The summed E-state index contributed by atoms with van der Waals surface area (Å²) in [6, 6.07) is 29.3. The van der Waals surface area contributed by atoms with Gasteiger partial charge in [0.15, 0.2) is 47.7 Å². The normalized spacial score (nSPS) is 25.4. The highest BCUT2D eigenvalue weighted by molar-refractivity contribution is 8.54. The van der Waals surface area contributed by atoms with Gasteiger partial charge in [-0.25, -0.2) is 52.7 Å². The number of nitrogens with zero attached hydrogens (tertiary/aromatic N) is 12. The summed E-state index contributed by atoms with van der Waals surface area (Å²) >= 11 is 0.691. The highest BCUT2D eigenvalue weighted by Gasteiger charge is 2.54. The van der Waals surface area contributed by atoms with E-state index in [1.54, 1.807) is 48.5 Å². The summed E-state index contributed by atoms with van der Waals surface area (Å²) in [4.78, 5) is 40.3. The Morgan fingerprint density at radius 3 is 2.12 bits per heavy atom. The fourth-order valence-corrected chi connectivity index (χ4v) is 14.5. The van der Waals surface area contributed by atoms with Crippen LogP contribution in [0.15, 0.2) is 122 Å². The number of para-hydroxylation sites is 1. The largest absolute Gasteiger partial charge is 0.492 e. The molecular formula is C52H48F2N14O11P2S. The number of fused-ring (bicyclic) bond motifs is 9. The van der Waals surface area contributed by atoms with Crippen molar-refractivity contribution in [3.8, 4) is 34.0 Å². The molecule has 0 aliphatic carbocycles. The standard InChI is InChI=1S/C52H48F2N14O11P2S/c1-65-20-30-6-2-3-7-33(30)40-43(34-8-4-5-9-35(34)65)68(64-63-40)18-19-72-31-16-12-29(13-17-31)52(69)75-32-14-10-28(11-15-32)23-82-81(71)74-22-37-44(38(53)50(77-37)66-26-61-41-46(55)57-24-59-48(41)66)78-80(70)73-21-36-45(79-81)39(54)51(76-36)67-27-62-42-47(56)58-25-60-49(42)67/h2-17,24-27,36-39,44-45,50-51,80H,18-23H2,1H3,(H2,55,57,59)(H2,56,58,60)/t36-,37-,38-,39-,44-,45-,50-,51-,81+/m1/s1. The Hall–Kier alpha value is -7.78. The first-order valence-corrected chi connectivity index (χ1v) is 29.9. The van der Waals surface area contributed by atoms with Crippen molar-refractivity contribution in [3.63, 3.8) is 0 Å². The van der Waals surface area contributed by atoms with Crippen LogP contribution in [0.2, 0.25) is 0 Å². The molecule has 25 nitrogen and oxygen atoms in total. The van der Waals surface area contributed by atoms with Crippen LogP contribution in [0, 0.1) is 0 Å². The van der Waals surface area contributed by atoms with Gasteiger partial charge in [-0.15, -0.1) is 5.10 Å². The van der Waals surface area contributed by atoms with Crippen LogP contribution in [-0.2, 0) is 55.5 Å². The maximum atomic E-state index is 16.9. The summed E-state index contributed by atoms with van der Waals surface area (Å²) in [6.07, 6.45) is -8.33. The highest BCUT2D eigenvalue weighted by Crippen LogP contribution is 2.64. The van der Waals surface area contributed by atoms with Crippen LogP contribution >= 0.6 is 26.4 Å². The number of imidazole rings is 2. The van der Waals surface area contributed by atoms with E-state index in [0.29, 0.717) is 29.2 Å². The molecule has 3 fully saturated rings. The summed E-state index contributed by atoms with van der Waals surface area (Å²) in [5.41, 5.74) is 19.4. The van der Waals surface area contributed by atoms with E-state index in [4.69, 9.17) is 48.5 Å². The third-order valence-corrected chi connectivity index (χ3v) is 18.8. The molecule has 0 amide bonds. The van der Waals surface area contributed by atoms with Gasteiger partial charge in [0.25, 0.3) is 0 Å². The molecule has 30 heteroatoms. The molecule has 13 rings (SSSR count). The molecule has 5 aromatic heterocycles. The van der Waals surface area contributed by atoms with Crippen LogP contribution in [0.1, 0.15) is 33.9 Å². The summed E-state index contributed by atoms with van der Waals surface area (Å²) < 4.78 is 114. The first-order chi connectivity index (χ1) is 39.9. The van der Waals surface area contributed by atoms with Gasteiger partial charge in [0.1, 0.15) is 71.9 Å². The zero-order valence-electron chi connectivity index (χ0n) is 43.0. The number of ether oxygens (including phenoxy) is 4. The van der Waals surface area contributed by atoms with Gasteiger partial charge in [0, 0.05) is 36.2 Å². The van der Waals surface area contributed by atoms with Crippen LogP contribution in [0.3, 0.4) is 0 Å². The number of carbonyl (C=O) groups excluding carboxylic acids is 1. The van der Waals surface area contributed by atoms with E-state index < -0.39 is 83.5 Å². The Morgan fingerprint density at radius 1 is 0.780 bits per heavy atom. The van der Waals surface area contributed by atoms with Gasteiger partial charge in [0.2, 0.25) is 0 Å². The Labute approximate surface area is 468 Å². The lowest BCUT2D eigenvalue weighted by Gasteiger charge is -2.28. The average Bonchev–Trinajstić information content (AvgIpc) is 4.51. The number of rotatable bonds is 11. The van der Waals surface area contributed by atoms with Gasteiger partial charge in [-0.05, 0) is 65.0 Å². The van der Waals surface area contributed by atoms with Gasteiger partial charge >= 0.3 is 21.0 Å². The van der Waals surface area contributed by atoms with Gasteiger partial charge < -0.3 is 44.4 Å². The molecular weight excluding hydrogens is 1130 g/mol. The van der Waals surface area contributed by atoms with Crippen LogP contribution < -0.4 is 25.8 Å². The van der Waals surface area contributed by atoms with Crippen molar-refractivity contribution in [1.29, 1.82) is 0 Å². The number of aromatic nitrogens is 11. The van der Waals surface area contributed by atoms with Gasteiger partial charge in [-0.3, -0.25) is 22.7 Å². The molecule has 1 unspecified atom stereocenters. The number of hydrogen-bond acceptors (Lipinski definition) is 23. The fraction of sp³-hybridized carbons (Fsp3) is 0.288. The molecule has 0 bridgehead atoms. The van der Waals surface area contributed by atoms with E-state index in [1.807, 2.05) is 28.9 Å². The van der Waals surface area contributed by atoms with E-state index in [1.165, 1.54) is 34.4 Å². The maximum absolute atomic E-state index is 16.9. The lowest BCUT2D eigenvalue weighted by atomic mass is 9.96. The molecule has 4 N–H and O–H groups in total. The fourth-order valence-electron chi connectivity index (χ4n) is 10.3. The molecule has 0 radical (unpaired) electrons. The zero-order valence-corrected chi connectivity index (χ0v) is 45.7. The quantitative estimate of drug-likeness (QED) is 0.0711. The van der Waals surface area contributed by atoms with E-state index in [9.17, 15) is 9.36 Å². The minimum atomic E-state index is -4.56. The number of nitrogen functional groups attached to an aromatic ring is 2. The number of carbonyl (C=O) groups is 1.